The number of hydrogen-bond acceptors (Lipinski definition) is 4. The minimum atomic E-state index is -3.39. The predicted octanol–water partition coefficient (Wildman–Crippen LogP) is 5.04. The monoisotopic (exact) mass is 517 g/mol. The summed E-state index contributed by atoms with van der Waals surface area (Å²) in [5, 5.41) is 4.07. The Morgan fingerprint density at radius 3 is 2.39 bits per heavy atom. The van der Waals surface area contributed by atoms with Gasteiger partial charge in [-0.05, 0) is 86.2 Å². The van der Waals surface area contributed by atoms with Gasteiger partial charge in [-0.1, -0.05) is 23.8 Å². The van der Waals surface area contributed by atoms with Crippen molar-refractivity contribution in [1.29, 1.82) is 0 Å². The molecule has 2 N–H and O–H groups in total. The van der Waals surface area contributed by atoms with Gasteiger partial charge in [0.25, 0.3) is 0 Å². The van der Waals surface area contributed by atoms with Crippen molar-refractivity contribution in [3.63, 3.8) is 0 Å². The third-order valence-electron chi connectivity index (χ3n) is 6.28. The van der Waals surface area contributed by atoms with Gasteiger partial charge in [-0.3, -0.25) is 9.71 Å². The summed E-state index contributed by atoms with van der Waals surface area (Å²) in [6.07, 6.45) is 4.99. The number of rotatable bonds is 6. The quantitative estimate of drug-likeness (QED) is 0.349. The summed E-state index contributed by atoms with van der Waals surface area (Å²) in [6.45, 7) is 3.95. The maximum atomic E-state index is 11.8. The molecule has 9 heteroatoms. The molecule has 3 heterocycles. The maximum Gasteiger partial charge on any atom is 0.229 e. The van der Waals surface area contributed by atoms with E-state index in [1.54, 1.807) is 12.3 Å². The van der Waals surface area contributed by atoms with E-state index in [4.69, 9.17) is 12.2 Å². The van der Waals surface area contributed by atoms with Crippen molar-refractivity contribution in [2.24, 2.45) is 0 Å². The Morgan fingerprint density at radius 1 is 0.972 bits per heavy atom. The van der Waals surface area contributed by atoms with Crippen LogP contribution in [-0.4, -0.2) is 29.3 Å². The highest BCUT2D eigenvalue weighted by molar-refractivity contribution is 7.92. The van der Waals surface area contributed by atoms with Crippen molar-refractivity contribution in [3.05, 3.63) is 108 Å². The summed E-state index contributed by atoms with van der Waals surface area (Å²) in [6, 6.07) is 23.7. The van der Waals surface area contributed by atoms with Crippen LogP contribution in [0.4, 0.5) is 11.4 Å². The fraction of sp³-hybridized carbons (Fsp3) is 0.185. The second-order valence-corrected chi connectivity index (χ2v) is 11.1. The summed E-state index contributed by atoms with van der Waals surface area (Å²) >= 11 is 5.86. The summed E-state index contributed by atoms with van der Waals surface area (Å²) in [5.74, 6) is 0. The highest BCUT2D eigenvalue weighted by atomic mass is 32.2. The van der Waals surface area contributed by atoms with E-state index >= 15 is 0 Å². The molecule has 1 aliphatic rings. The molecule has 2 aromatic heterocycles. The van der Waals surface area contributed by atoms with Gasteiger partial charge in [-0.25, -0.2) is 8.42 Å². The van der Waals surface area contributed by atoms with Crippen molar-refractivity contribution >= 4 is 38.7 Å². The Bertz CT molecular complexity index is 1520. The van der Waals surface area contributed by atoms with Crippen molar-refractivity contribution in [3.8, 4) is 5.69 Å². The molecule has 2 atom stereocenters. The third kappa shape index (κ3) is 4.72. The molecule has 0 aliphatic carbocycles. The Hall–Kier alpha value is -3.69. The van der Waals surface area contributed by atoms with E-state index in [-0.39, 0.29) is 12.1 Å². The molecular weight excluding hydrogens is 490 g/mol. The van der Waals surface area contributed by atoms with Crippen LogP contribution in [0.25, 0.3) is 5.69 Å². The maximum absolute atomic E-state index is 11.8. The largest absolute Gasteiger partial charge is 0.351 e. The Labute approximate surface area is 216 Å². The van der Waals surface area contributed by atoms with Crippen LogP contribution in [0.15, 0.2) is 85.2 Å². The first-order valence-corrected chi connectivity index (χ1v) is 13.8. The zero-order valence-corrected chi connectivity index (χ0v) is 21.8. The molecule has 1 fully saturated rings. The molecule has 0 unspecified atom stereocenters. The first-order chi connectivity index (χ1) is 17.2. The Balaban J connectivity index is 1.63. The highest BCUT2D eigenvalue weighted by Crippen LogP contribution is 2.42. The highest BCUT2D eigenvalue weighted by Gasteiger charge is 2.42. The van der Waals surface area contributed by atoms with Gasteiger partial charge in [-0.2, -0.15) is 0 Å². The number of pyridine rings is 1. The van der Waals surface area contributed by atoms with Crippen LogP contribution in [-0.2, 0) is 10.0 Å². The molecule has 1 aliphatic heterocycles. The summed E-state index contributed by atoms with van der Waals surface area (Å²) in [5.41, 5.74) is 6.40. The number of hydrogen-bond donors (Lipinski definition) is 2. The number of anilines is 2. The molecule has 2 aromatic carbocycles. The van der Waals surface area contributed by atoms with Gasteiger partial charge in [0.1, 0.15) is 6.04 Å². The van der Waals surface area contributed by atoms with Gasteiger partial charge in [0.2, 0.25) is 10.0 Å². The van der Waals surface area contributed by atoms with Gasteiger partial charge in [0.15, 0.2) is 5.11 Å². The standard InChI is InChI=1S/C27H27N5O2S2/c1-18-9-11-20(12-10-18)31-16-6-8-24(31)26-25(23-7-4-5-15-28-23)29-27(35)32(26)21-13-14-22(19(2)17-21)30-36(3,33)34/h4-17,25-26,30H,1-3H3,(H,29,35)/t25-,26+/m0/s1. The zero-order chi connectivity index (χ0) is 25.4. The number of sulfonamides is 1. The van der Waals surface area contributed by atoms with Crippen LogP contribution in [0.3, 0.4) is 0 Å². The van der Waals surface area contributed by atoms with Gasteiger partial charge in [-0.15, -0.1) is 0 Å². The first kappa shape index (κ1) is 24.0. The molecule has 1 saturated heterocycles. The SMILES string of the molecule is Cc1ccc(-n2cccc2[C@@H]2[C@H](c3ccccn3)NC(=S)N2c2ccc(NS(C)(=O)=O)c(C)c2)cc1. The molecule has 184 valence electrons. The normalized spacial score (nSPS) is 17.8. The molecule has 36 heavy (non-hydrogen) atoms. The van der Waals surface area contributed by atoms with E-state index in [2.05, 4.69) is 67.9 Å². The van der Waals surface area contributed by atoms with Crippen LogP contribution in [0.5, 0.6) is 0 Å². The van der Waals surface area contributed by atoms with Gasteiger partial charge in [0.05, 0.1) is 23.7 Å². The van der Waals surface area contributed by atoms with Crippen molar-refractivity contribution in [2.45, 2.75) is 25.9 Å². The van der Waals surface area contributed by atoms with E-state index in [1.807, 2.05) is 43.3 Å². The Kier molecular flexibility index (Phi) is 6.27. The van der Waals surface area contributed by atoms with Crippen molar-refractivity contribution < 1.29 is 8.42 Å². The number of benzene rings is 2. The average Bonchev–Trinajstić information content (AvgIpc) is 3.45. The molecule has 0 saturated carbocycles. The van der Waals surface area contributed by atoms with Crippen LogP contribution < -0.4 is 14.9 Å². The molecule has 7 nitrogen and oxygen atoms in total. The van der Waals surface area contributed by atoms with Crippen molar-refractivity contribution in [2.75, 3.05) is 15.9 Å². The lowest BCUT2D eigenvalue weighted by Gasteiger charge is -2.29. The summed E-state index contributed by atoms with van der Waals surface area (Å²) in [4.78, 5) is 6.72. The van der Waals surface area contributed by atoms with Crippen LogP contribution in [0.2, 0.25) is 0 Å². The second-order valence-electron chi connectivity index (χ2n) is 9.01. The number of nitrogens with zero attached hydrogens (tertiary/aromatic N) is 3. The smallest absolute Gasteiger partial charge is 0.229 e. The predicted molar refractivity (Wildman–Crippen MR) is 148 cm³/mol. The minimum absolute atomic E-state index is 0.188. The number of nitrogens with one attached hydrogen (secondary N) is 2. The fourth-order valence-electron chi connectivity index (χ4n) is 4.62. The first-order valence-electron chi connectivity index (χ1n) is 11.5. The molecular formula is C27H27N5O2S2. The average molecular weight is 518 g/mol. The third-order valence-corrected chi connectivity index (χ3v) is 7.18. The lowest BCUT2D eigenvalue weighted by Crippen LogP contribution is -2.30. The molecule has 5 rings (SSSR count). The van der Waals surface area contributed by atoms with Gasteiger partial charge in [0, 0.05) is 29.5 Å². The van der Waals surface area contributed by atoms with Crippen LogP contribution in [0.1, 0.15) is 34.6 Å². The molecule has 0 spiro atoms. The number of thiocarbonyl (C=S) groups is 1. The van der Waals surface area contributed by atoms with Crippen molar-refractivity contribution in [1.82, 2.24) is 14.9 Å². The zero-order valence-electron chi connectivity index (χ0n) is 20.2. The molecule has 0 bridgehead atoms. The lowest BCUT2D eigenvalue weighted by atomic mass is 10.00. The molecule has 4 aromatic rings. The van der Waals surface area contributed by atoms with E-state index in [0.717, 1.165) is 34.6 Å². The van der Waals surface area contributed by atoms with Crippen LogP contribution >= 0.6 is 12.2 Å². The van der Waals surface area contributed by atoms with E-state index in [9.17, 15) is 8.42 Å². The number of aryl methyl sites for hydroxylation is 2. The van der Waals surface area contributed by atoms with Gasteiger partial charge >= 0.3 is 0 Å². The Morgan fingerprint density at radius 2 is 1.72 bits per heavy atom. The minimum Gasteiger partial charge on any atom is -0.351 e. The fourth-order valence-corrected chi connectivity index (χ4v) is 5.60. The second kappa shape index (κ2) is 9.40. The number of aromatic nitrogens is 2. The van der Waals surface area contributed by atoms with E-state index in [0.29, 0.717) is 10.8 Å². The summed E-state index contributed by atoms with van der Waals surface area (Å²) < 4.78 is 28.3. The molecule has 0 amide bonds. The van der Waals surface area contributed by atoms with E-state index < -0.39 is 10.0 Å². The van der Waals surface area contributed by atoms with E-state index in [1.165, 1.54) is 5.56 Å². The van der Waals surface area contributed by atoms with Crippen LogP contribution in [0, 0.1) is 13.8 Å². The summed E-state index contributed by atoms with van der Waals surface area (Å²) in [7, 11) is -3.39. The van der Waals surface area contributed by atoms with Gasteiger partial charge < -0.3 is 14.8 Å². The topological polar surface area (TPSA) is 79.3 Å². The lowest BCUT2D eigenvalue weighted by molar-refractivity contribution is 0.549. The molecule has 0 radical (unpaired) electrons.